The number of hydrogen-bond acceptors (Lipinski definition) is 14. The fourth-order valence-electron chi connectivity index (χ4n) is 9.00. The van der Waals surface area contributed by atoms with Crippen LogP contribution in [-0.2, 0) is 32.3 Å². The van der Waals surface area contributed by atoms with Gasteiger partial charge in [-0.1, -0.05) is 117 Å². The van der Waals surface area contributed by atoms with Crippen LogP contribution in [0, 0.1) is 0 Å². The van der Waals surface area contributed by atoms with Gasteiger partial charge in [0, 0.05) is 74.4 Å². The van der Waals surface area contributed by atoms with Gasteiger partial charge in [-0.3, -0.25) is 28.9 Å². The molecule has 1 fully saturated rings. The van der Waals surface area contributed by atoms with Crippen LogP contribution in [0.2, 0.25) is 0 Å². The molecule has 2 aromatic heterocycles. The zero-order chi connectivity index (χ0) is 49.9. The number of phenolic OH excluding ortho intramolecular Hbond substituents is 1. The van der Waals surface area contributed by atoms with Gasteiger partial charge in [0.2, 0.25) is 29.4 Å². The lowest BCUT2D eigenvalue weighted by molar-refractivity contribution is -0.138. The number of benzene rings is 4. The number of nitrogens with two attached hydrogens (primary N) is 2. The summed E-state index contributed by atoms with van der Waals surface area (Å²) < 4.78 is 13.9. The standard InChI is InChI=1S/C53H59N9O8S/c54-37(34-69-52-42(63)23-22-40-43(64)30-44(70-51(40)52)35-16-8-7-9-17-35)33-59(55)27-14-5-3-1-2-4-6-15-28-62-50-38-19-11-10-18-36(38)32-61(41-21-13-12-20-39(41)49(50)57-58-62)47(66)24-26-56-46(65)25-29-60-48(67)31-45(71)53(60)68/h7-13,16-23,30,33,45,63,71H,1-6,14-15,24-29,31-32,34,54-55H2,(H,56,65)/b37-33-. The number of nitrogens with zero attached hydrogens (tertiary/aromatic N) is 6. The summed E-state index contributed by atoms with van der Waals surface area (Å²) in [6.45, 7) is 1.61. The lowest BCUT2D eigenvalue weighted by Gasteiger charge is -2.28. The minimum Gasteiger partial charge on any atom is -0.504 e. The number of para-hydroxylation sites is 1. The van der Waals surface area contributed by atoms with E-state index in [1.807, 2.05) is 83.5 Å². The predicted octanol–water partition coefficient (Wildman–Crippen LogP) is 7.07. The number of aromatic hydroxyl groups is 1. The lowest BCUT2D eigenvalue weighted by Crippen LogP contribution is -2.37. The Kier molecular flexibility index (Phi) is 16.5. The number of aromatic nitrogens is 3. The first-order chi connectivity index (χ1) is 34.5. The summed E-state index contributed by atoms with van der Waals surface area (Å²) in [5.41, 5.74) is 12.2. The quantitative estimate of drug-likeness (QED) is 0.0151. The third kappa shape index (κ3) is 12.1. The van der Waals surface area contributed by atoms with Crippen LogP contribution in [0.15, 0.2) is 118 Å². The van der Waals surface area contributed by atoms with Crippen LogP contribution in [0.25, 0.3) is 44.8 Å². The average molecular weight is 982 g/mol. The molecule has 8 rings (SSSR count). The van der Waals surface area contributed by atoms with Gasteiger partial charge in [-0.15, -0.1) is 5.10 Å². The van der Waals surface area contributed by atoms with Crippen LogP contribution >= 0.6 is 12.6 Å². The van der Waals surface area contributed by atoms with Crippen molar-refractivity contribution < 1.29 is 33.4 Å². The van der Waals surface area contributed by atoms with Crippen molar-refractivity contribution in [1.29, 1.82) is 0 Å². The van der Waals surface area contributed by atoms with E-state index in [4.69, 9.17) is 25.8 Å². The Bertz CT molecular complexity index is 2980. The first-order valence-electron chi connectivity index (χ1n) is 24.1. The van der Waals surface area contributed by atoms with Gasteiger partial charge in [0.1, 0.15) is 18.1 Å². The number of anilines is 1. The van der Waals surface area contributed by atoms with Crippen LogP contribution in [0.4, 0.5) is 5.69 Å². The largest absolute Gasteiger partial charge is 0.504 e. The number of ether oxygens (including phenoxy) is 1. The van der Waals surface area contributed by atoms with Crippen LogP contribution in [-0.4, -0.2) is 85.1 Å². The van der Waals surface area contributed by atoms with Gasteiger partial charge >= 0.3 is 0 Å². The van der Waals surface area contributed by atoms with Crippen LogP contribution in [0.5, 0.6) is 11.5 Å². The Morgan fingerprint density at radius 1 is 0.873 bits per heavy atom. The van der Waals surface area contributed by atoms with E-state index in [1.165, 1.54) is 23.2 Å². The Hall–Kier alpha value is -7.44. The van der Waals surface area contributed by atoms with Gasteiger partial charge in [-0.25, -0.2) is 10.5 Å². The van der Waals surface area contributed by atoms with E-state index in [9.17, 15) is 29.1 Å². The van der Waals surface area contributed by atoms with E-state index >= 15 is 0 Å². The van der Waals surface area contributed by atoms with Crippen molar-refractivity contribution in [2.24, 2.45) is 11.6 Å². The molecular formula is C53H59N9O8S. The molecule has 1 saturated heterocycles. The van der Waals surface area contributed by atoms with Crippen molar-refractivity contribution in [3.63, 3.8) is 0 Å². The maximum Gasteiger partial charge on any atom is 0.242 e. The van der Waals surface area contributed by atoms with E-state index in [2.05, 4.69) is 23.2 Å². The first kappa shape index (κ1) is 50.0. The molecule has 71 heavy (non-hydrogen) atoms. The number of carbonyl (C=O) groups is 4. The zero-order valence-electron chi connectivity index (χ0n) is 39.5. The molecular weight excluding hydrogens is 923 g/mol. The van der Waals surface area contributed by atoms with Crippen LogP contribution < -0.4 is 32.0 Å². The Balaban J connectivity index is 0.768. The van der Waals surface area contributed by atoms with Crippen molar-refractivity contribution in [3.05, 3.63) is 125 Å². The molecule has 4 aromatic carbocycles. The van der Waals surface area contributed by atoms with Crippen LogP contribution in [0.1, 0.15) is 76.2 Å². The number of fused-ring (bicyclic) bond motifs is 6. The molecule has 1 unspecified atom stereocenters. The highest BCUT2D eigenvalue weighted by molar-refractivity contribution is 7.81. The maximum atomic E-state index is 13.9. The van der Waals surface area contributed by atoms with Crippen molar-refractivity contribution in [3.8, 4) is 45.3 Å². The number of nitrogens with one attached hydrogen (secondary N) is 1. The van der Waals surface area contributed by atoms with Gasteiger partial charge in [-0.2, -0.15) is 12.6 Å². The summed E-state index contributed by atoms with van der Waals surface area (Å²) in [6, 6.07) is 29.2. The average Bonchev–Trinajstić information content (AvgIpc) is 3.89. The third-order valence-corrected chi connectivity index (χ3v) is 13.1. The number of rotatable bonds is 22. The van der Waals surface area contributed by atoms with Crippen LogP contribution in [0.3, 0.4) is 0 Å². The number of hydrazine groups is 1. The SMILES string of the molecule is N/C(=C\N(N)CCCCCCCCCCn1nnc2c1-c1ccccc1CN(C(=O)CCNC(=O)CCN1C(=O)CC(S)C1=O)c1ccccc1-2)COc1c(O)ccc2c(=O)cc(-c3ccccc3)oc12. The van der Waals surface area contributed by atoms with Gasteiger partial charge in [0.25, 0.3) is 0 Å². The molecule has 4 amide bonds. The first-order valence-corrected chi connectivity index (χ1v) is 24.6. The number of amides is 4. The molecule has 0 bridgehead atoms. The van der Waals surface area contributed by atoms with Crippen molar-refractivity contribution in [1.82, 2.24) is 30.2 Å². The number of likely N-dealkylation sites (tertiary alicyclic amines) is 1. The van der Waals surface area contributed by atoms with Crippen molar-refractivity contribution >= 4 is 52.9 Å². The van der Waals surface area contributed by atoms with Gasteiger partial charge < -0.3 is 35.2 Å². The molecule has 6 aromatic rings. The van der Waals surface area contributed by atoms with Gasteiger partial charge in [0.05, 0.1) is 34.3 Å². The number of imide groups is 1. The zero-order valence-corrected chi connectivity index (χ0v) is 40.4. The minimum atomic E-state index is -0.670. The maximum absolute atomic E-state index is 13.9. The molecule has 2 aliphatic rings. The molecule has 0 aliphatic carbocycles. The highest BCUT2D eigenvalue weighted by atomic mass is 32.1. The van der Waals surface area contributed by atoms with E-state index in [0.29, 0.717) is 42.5 Å². The number of phenols is 1. The second-order valence-corrected chi connectivity index (χ2v) is 18.4. The molecule has 0 saturated carbocycles. The molecule has 0 radical (unpaired) electrons. The predicted molar refractivity (Wildman–Crippen MR) is 274 cm³/mol. The van der Waals surface area contributed by atoms with E-state index in [0.717, 1.165) is 84.2 Å². The number of thiol groups is 1. The lowest BCUT2D eigenvalue weighted by atomic mass is 9.95. The summed E-state index contributed by atoms with van der Waals surface area (Å²) in [7, 11) is 0. The normalized spacial score (nSPS) is 14.5. The summed E-state index contributed by atoms with van der Waals surface area (Å²) in [4.78, 5) is 66.5. The summed E-state index contributed by atoms with van der Waals surface area (Å²) >= 11 is 4.13. The molecule has 4 heterocycles. The Morgan fingerprint density at radius 3 is 2.34 bits per heavy atom. The second kappa shape index (κ2) is 23.4. The summed E-state index contributed by atoms with van der Waals surface area (Å²) in [5, 5.41) is 23.9. The van der Waals surface area contributed by atoms with Gasteiger partial charge in [0.15, 0.2) is 16.8 Å². The molecule has 0 spiro atoms. The van der Waals surface area contributed by atoms with Gasteiger partial charge in [-0.05, 0) is 36.6 Å². The Labute approximate surface area is 416 Å². The smallest absolute Gasteiger partial charge is 0.242 e. The molecule has 370 valence electrons. The number of carbonyl (C=O) groups excluding carboxylic acids is 4. The van der Waals surface area contributed by atoms with E-state index < -0.39 is 11.2 Å². The molecule has 1 atom stereocenters. The summed E-state index contributed by atoms with van der Waals surface area (Å²) in [5.74, 6) is 5.19. The monoisotopic (exact) mass is 981 g/mol. The van der Waals surface area contributed by atoms with E-state index in [-0.39, 0.29) is 84.6 Å². The molecule has 18 heteroatoms. The summed E-state index contributed by atoms with van der Waals surface area (Å²) in [6.07, 6.45) is 9.89. The highest BCUT2D eigenvalue weighted by Crippen LogP contribution is 2.41. The number of unbranched alkanes of at least 4 members (excludes halogenated alkanes) is 7. The molecule has 2 aliphatic heterocycles. The number of hydrogen-bond donors (Lipinski definition) is 5. The highest BCUT2D eigenvalue weighted by Gasteiger charge is 2.36. The second-order valence-electron chi connectivity index (χ2n) is 17.8. The fraction of sp³-hybridized carbons (Fsp3) is 0.340. The topological polar surface area (TPSA) is 232 Å². The fourth-order valence-corrected chi connectivity index (χ4v) is 9.29. The Morgan fingerprint density at radius 2 is 1.58 bits per heavy atom. The van der Waals surface area contributed by atoms with Crippen molar-refractivity contribution in [2.75, 3.05) is 31.1 Å². The molecule has 17 nitrogen and oxygen atoms in total. The van der Waals surface area contributed by atoms with E-state index in [1.54, 1.807) is 11.1 Å². The third-order valence-electron chi connectivity index (χ3n) is 12.7. The minimum absolute atomic E-state index is 0.0207. The number of aryl methyl sites for hydroxylation is 1. The molecule has 6 N–H and O–H groups in total. The van der Waals surface area contributed by atoms with Crippen molar-refractivity contribution in [2.45, 2.75) is 89.0 Å².